The van der Waals surface area contributed by atoms with Gasteiger partial charge in [-0.1, -0.05) is 30.3 Å². The maximum atomic E-state index is 12.2. The van der Waals surface area contributed by atoms with Crippen LogP contribution < -0.4 is 4.72 Å². The molecular formula is C14H16N2O4S2. The fourth-order valence-corrected chi connectivity index (χ4v) is 4.25. The molecule has 1 aromatic heterocycles. The first-order chi connectivity index (χ1) is 10.4. The van der Waals surface area contributed by atoms with Gasteiger partial charge in [0.15, 0.2) is 4.21 Å². The van der Waals surface area contributed by atoms with Crippen LogP contribution in [0.3, 0.4) is 0 Å². The number of nitrogens with zero attached hydrogens (tertiary/aromatic N) is 1. The molecule has 22 heavy (non-hydrogen) atoms. The Hall–Kier alpha value is -1.77. The van der Waals surface area contributed by atoms with Crippen LogP contribution in [0.15, 0.2) is 40.7 Å². The molecule has 0 aliphatic carbocycles. The second-order valence-corrected chi connectivity index (χ2v) is 7.91. The topological polar surface area (TPSA) is 96.4 Å². The normalized spacial score (nSPS) is 13.0. The second-order valence-electron chi connectivity index (χ2n) is 4.73. The number of aryl methyl sites for hydroxylation is 2. The SMILES string of the molecule is Cc1ncc(S(=O)(=O)NC(CCc2ccccc2)C(=O)O)s1. The Balaban J connectivity index is 2.07. The van der Waals surface area contributed by atoms with Crippen LogP contribution in [0.5, 0.6) is 0 Å². The quantitative estimate of drug-likeness (QED) is 0.801. The molecule has 0 aliphatic rings. The molecule has 0 spiro atoms. The number of carboxylic acids is 1. The summed E-state index contributed by atoms with van der Waals surface area (Å²) in [6, 6.07) is 8.16. The van der Waals surface area contributed by atoms with Crippen molar-refractivity contribution in [3.8, 4) is 0 Å². The minimum Gasteiger partial charge on any atom is -0.480 e. The number of nitrogens with one attached hydrogen (secondary N) is 1. The number of benzene rings is 1. The molecule has 0 aliphatic heterocycles. The van der Waals surface area contributed by atoms with Crippen LogP contribution >= 0.6 is 11.3 Å². The van der Waals surface area contributed by atoms with Crippen LogP contribution in [0.1, 0.15) is 17.0 Å². The minimum absolute atomic E-state index is 0.0240. The van der Waals surface area contributed by atoms with Crippen LogP contribution in [-0.2, 0) is 21.2 Å². The van der Waals surface area contributed by atoms with Gasteiger partial charge in [0, 0.05) is 0 Å². The molecule has 0 amide bonds. The van der Waals surface area contributed by atoms with E-state index in [1.807, 2.05) is 30.3 Å². The van der Waals surface area contributed by atoms with Gasteiger partial charge in [-0.2, -0.15) is 4.72 Å². The van der Waals surface area contributed by atoms with Gasteiger partial charge in [0.1, 0.15) is 6.04 Å². The summed E-state index contributed by atoms with van der Waals surface area (Å²) in [5.41, 5.74) is 0.960. The van der Waals surface area contributed by atoms with Crippen molar-refractivity contribution < 1.29 is 18.3 Å². The molecule has 0 saturated carbocycles. The average Bonchev–Trinajstić information content (AvgIpc) is 2.92. The van der Waals surface area contributed by atoms with E-state index in [-0.39, 0.29) is 10.6 Å². The van der Waals surface area contributed by atoms with Crippen LogP contribution in [-0.4, -0.2) is 30.5 Å². The monoisotopic (exact) mass is 340 g/mol. The Morgan fingerprint density at radius 2 is 2.05 bits per heavy atom. The minimum atomic E-state index is -3.86. The molecular weight excluding hydrogens is 324 g/mol. The number of carbonyl (C=O) groups is 1. The standard InChI is InChI=1S/C14H16N2O4S2/c1-10-15-9-13(21-10)22(19,20)16-12(14(17)18)8-7-11-5-3-2-4-6-11/h2-6,9,12,16H,7-8H2,1H3,(H,17,18). The summed E-state index contributed by atoms with van der Waals surface area (Å²) in [5.74, 6) is -1.19. The first-order valence-corrected chi connectivity index (χ1v) is 8.90. The van der Waals surface area contributed by atoms with E-state index >= 15 is 0 Å². The zero-order valence-corrected chi connectivity index (χ0v) is 13.5. The molecule has 6 nitrogen and oxygen atoms in total. The van der Waals surface area contributed by atoms with Crippen molar-refractivity contribution in [3.63, 3.8) is 0 Å². The lowest BCUT2D eigenvalue weighted by atomic mass is 10.1. The number of hydrogen-bond donors (Lipinski definition) is 2. The van der Waals surface area contributed by atoms with Crippen LogP contribution in [0.4, 0.5) is 0 Å². The maximum Gasteiger partial charge on any atom is 0.321 e. The Morgan fingerprint density at radius 3 is 2.59 bits per heavy atom. The van der Waals surface area contributed by atoms with Crippen molar-refractivity contribution in [2.75, 3.05) is 0 Å². The third-order valence-corrected chi connectivity index (χ3v) is 5.87. The van der Waals surface area contributed by atoms with E-state index in [2.05, 4.69) is 9.71 Å². The zero-order chi connectivity index (χ0) is 16.2. The Bertz CT molecular complexity index is 741. The number of aromatic nitrogens is 1. The maximum absolute atomic E-state index is 12.2. The summed E-state index contributed by atoms with van der Waals surface area (Å²) < 4.78 is 26.6. The predicted octanol–water partition coefficient (Wildman–Crippen LogP) is 1.82. The van der Waals surface area contributed by atoms with Gasteiger partial charge < -0.3 is 5.11 Å². The van der Waals surface area contributed by atoms with Gasteiger partial charge in [0.2, 0.25) is 0 Å². The largest absolute Gasteiger partial charge is 0.480 e. The Labute approximate surface area is 132 Å². The van der Waals surface area contributed by atoms with Gasteiger partial charge in [0.25, 0.3) is 10.0 Å². The first-order valence-electron chi connectivity index (χ1n) is 6.60. The highest BCUT2D eigenvalue weighted by molar-refractivity contribution is 7.91. The fourth-order valence-electron chi connectivity index (χ4n) is 1.90. The molecule has 1 aromatic carbocycles. The van der Waals surface area contributed by atoms with E-state index < -0.39 is 22.0 Å². The fraction of sp³-hybridized carbons (Fsp3) is 0.286. The molecule has 2 aromatic rings. The number of carboxylic acid groups (broad SMARTS) is 1. The summed E-state index contributed by atoms with van der Waals surface area (Å²) >= 11 is 1.01. The summed E-state index contributed by atoms with van der Waals surface area (Å²) in [6.07, 6.45) is 1.89. The van der Waals surface area contributed by atoms with E-state index in [4.69, 9.17) is 0 Å². The van der Waals surface area contributed by atoms with Gasteiger partial charge in [-0.3, -0.25) is 4.79 Å². The lowest BCUT2D eigenvalue weighted by molar-refractivity contribution is -0.139. The second kappa shape index (κ2) is 6.99. The van der Waals surface area contributed by atoms with E-state index in [0.29, 0.717) is 11.4 Å². The molecule has 2 rings (SSSR count). The molecule has 0 saturated heterocycles. The van der Waals surface area contributed by atoms with Crippen LogP contribution in [0.2, 0.25) is 0 Å². The molecule has 0 radical (unpaired) electrons. The van der Waals surface area contributed by atoms with Crippen LogP contribution in [0, 0.1) is 6.92 Å². The average molecular weight is 340 g/mol. The number of aliphatic carboxylic acids is 1. The number of sulfonamides is 1. The van der Waals surface area contributed by atoms with E-state index in [1.54, 1.807) is 6.92 Å². The molecule has 1 atom stereocenters. The number of hydrogen-bond acceptors (Lipinski definition) is 5. The van der Waals surface area contributed by atoms with Gasteiger partial charge in [-0.05, 0) is 25.3 Å². The lowest BCUT2D eigenvalue weighted by Gasteiger charge is -2.13. The molecule has 118 valence electrons. The van der Waals surface area contributed by atoms with Crippen molar-refractivity contribution >= 4 is 27.3 Å². The van der Waals surface area contributed by atoms with Crippen molar-refractivity contribution in [2.24, 2.45) is 0 Å². The summed E-state index contributed by atoms with van der Waals surface area (Å²) in [5, 5.41) is 9.84. The lowest BCUT2D eigenvalue weighted by Crippen LogP contribution is -2.40. The molecule has 8 heteroatoms. The third-order valence-electron chi connectivity index (χ3n) is 3.02. The summed E-state index contributed by atoms with van der Waals surface area (Å²) in [6.45, 7) is 1.69. The molecule has 1 heterocycles. The molecule has 2 N–H and O–H groups in total. The van der Waals surface area contributed by atoms with Crippen molar-refractivity contribution in [1.82, 2.24) is 9.71 Å². The van der Waals surface area contributed by atoms with Crippen molar-refractivity contribution in [1.29, 1.82) is 0 Å². The molecule has 0 bridgehead atoms. The van der Waals surface area contributed by atoms with Gasteiger partial charge in [-0.25, -0.2) is 13.4 Å². The predicted molar refractivity (Wildman–Crippen MR) is 83.4 cm³/mol. The number of thiazole rings is 1. The zero-order valence-electron chi connectivity index (χ0n) is 11.9. The highest BCUT2D eigenvalue weighted by Crippen LogP contribution is 2.18. The summed E-state index contributed by atoms with van der Waals surface area (Å²) in [4.78, 5) is 15.2. The van der Waals surface area contributed by atoms with Crippen LogP contribution in [0.25, 0.3) is 0 Å². The van der Waals surface area contributed by atoms with E-state index in [1.165, 1.54) is 6.20 Å². The third kappa shape index (κ3) is 4.36. The van der Waals surface area contributed by atoms with Crippen molar-refractivity contribution in [2.45, 2.75) is 30.0 Å². The first kappa shape index (κ1) is 16.6. The Kier molecular flexibility index (Phi) is 5.28. The number of rotatable bonds is 7. The molecule has 1 unspecified atom stereocenters. The smallest absolute Gasteiger partial charge is 0.321 e. The highest BCUT2D eigenvalue weighted by Gasteiger charge is 2.26. The van der Waals surface area contributed by atoms with Gasteiger partial charge in [-0.15, -0.1) is 11.3 Å². The van der Waals surface area contributed by atoms with Crippen molar-refractivity contribution in [3.05, 3.63) is 47.1 Å². The van der Waals surface area contributed by atoms with E-state index in [0.717, 1.165) is 16.9 Å². The van der Waals surface area contributed by atoms with Gasteiger partial charge >= 0.3 is 5.97 Å². The molecule has 0 fully saturated rings. The Morgan fingerprint density at radius 1 is 1.36 bits per heavy atom. The summed E-state index contributed by atoms with van der Waals surface area (Å²) in [7, 11) is -3.86. The highest BCUT2D eigenvalue weighted by atomic mass is 32.2. The van der Waals surface area contributed by atoms with Gasteiger partial charge in [0.05, 0.1) is 11.2 Å². The van der Waals surface area contributed by atoms with E-state index in [9.17, 15) is 18.3 Å².